The van der Waals surface area contributed by atoms with Crippen molar-refractivity contribution in [3.8, 4) is 5.75 Å². The molecule has 32 heteroatoms. The summed E-state index contributed by atoms with van der Waals surface area (Å²) in [6.07, 6.45) is -0.857. The summed E-state index contributed by atoms with van der Waals surface area (Å²) < 4.78 is 28.5. The zero-order chi connectivity index (χ0) is 74.0. The number of hydrogen-bond donors (Lipinski definition) is 12. The highest BCUT2D eigenvalue weighted by molar-refractivity contribution is 6.01. The van der Waals surface area contributed by atoms with Gasteiger partial charge in [0.1, 0.15) is 77.2 Å². The van der Waals surface area contributed by atoms with Crippen LogP contribution in [0.15, 0.2) is 103 Å². The first-order chi connectivity index (χ1) is 49.1. The van der Waals surface area contributed by atoms with Crippen LogP contribution < -0.4 is 58.3 Å². The van der Waals surface area contributed by atoms with E-state index in [2.05, 4.69) is 63.1 Å². The molecule has 6 aromatic rings. The largest absolute Gasteiger partial charge is 0.497 e. The first kappa shape index (κ1) is 74.5. The Morgan fingerprint density at radius 1 is 0.757 bits per heavy atom. The minimum atomic E-state index is -1.87. The minimum Gasteiger partial charge on any atom is -0.497 e. The van der Waals surface area contributed by atoms with Crippen molar-refractivity contribution >= 4 is 81.8 Å². The third kappa shape index (κ3) is 18.3. The second-order valence-corrected chi connectivity index (χ2v) is 26.7. The van der Waals surface area contributed by atoms with Gasteiger partial charge in [-0.15, -0.1) is 5.10 Å². The number of aliphatic hydroxyl groups is 1. The fourth-order valence-corrected chi connectivity index (χ4v) is 13.3. The second kappa shape index (κ2) is 32.7. The van der Waals surface area contributed by atoms with E-state index in [1.54, 1.807) is 79.0 Å². The number of amides is 12. The van der Waals surface area contributed by atoms with E-state index < -0.39 is 155 Å². The molecular formula is C71H85FN16O15. The van der Waals surface area contributed by atoms with E-state index in [9.17, 15) is 38.7 Å². The summed E-state index contributed by atoms with van der Waals surface area (Å²) in [5.41, 5.74) is 8.20. The lowest BCUT2D eigenvalue weighted by Crippen LogP contribution is -2.64. The molecule has 5 aliphatic rings. The molecule has 4 aromatic carbocycles. The number of methoxy groups -OCH3 is 1. The van der Waals surface area contributed by atoms with Crippen molar-refractivity contribution in [2.24, 2.45) is 5.73 Å². The van der Waals surface area contributed by atoms with Gasteiger partial charge >= 0.3 is 0 Å². The summed E-state index contributed by atoms with van der Waals surface area (Å²) in [6.45, 7) is 6.11. The number of fused-ring (bicyclic) bond motifs is 28. The lowest BCUT2D eigenvalue weighted by Gasteiger charge is -2.37. The number of hydrogen-bond acceptors (Lipinski definition) is 17. The van der Waals surface area contributed by atoms with Gasteiger partial charge in [-0.1, -0.05) is 65.9 Å². The number of aromatic amines is 1. The molecule has 103 heavy (non-hydrogen) atoms. The van der Waals surface area contributed by atoms with Gasteiger partial charge in [0.15, 0.2) is 0 Å². The molecule has 0 saturated carbocycles. The Kier molecular flexibility index (Phi) is 23.6. The van der Waals surface area contributed by atoms with Crippen LogP contribution >= 0.6 is 0 Å². The molecule has 0 radical (unpaired) electrons. The maximum Gasteiger partial charge on any atom is 0.246 e. The molecule has 0 unspecified atom stereocenters. The zero-order valence-corrected chi connectivity index (χ0v) is 57.7. The highest BCUT2D eigenvalue weighted by atomic mass is 19.1. The normalized spacial score (nSPS) is 26.0. The van der Waals surface area contributed by atoms with Crippen LogP contribution in [0.3, 0.4) is 0 Å². The van der Waals surface area contributed by atoms with E-state index in [-0.39, 0.29) is 71.3 Å². The fraction of sp³-hybridized carbons (Fsp3) is 0.437. The van der Waals surface area contributed by atoms with Gasteiger partial charge in [-0.2, -0.15) is 0 Å². The van der Waals surface area contributed by atoms with Gasteiger partial charge in [-0.3, -0.25) is 57.5 Å². The van der Waals surface area contributed by atoms with Crippen molar-refractivity contribution in [2.45, 2.75) is 178 Å². The quantitative estimate of drug-likeness (QED) is 0.0808. The number of H-pyrrole nitrogens is 1. The van der Waals surface area contributed by atoms with Gasteiger partial charge in [0.2, 0.25) is 70.9 Å². The number of benzene rings is 4. The molecule has 10 bridgehead atoms. The number of aliphatic hydroxyl groups excluding tert-OH is 1. The second-order valence-electron chi connectivity index (χ2n) is 26.7. The monoisotopic (exact) mass is 1420 g/mol. The van der Waals surface area contributed by atoms with Gasteiger partial charge < -0.3 is 82.9 Å². The molecule has 2 saturated heterocycles. The molecule has 0 aliphatic carbocycles. The molecule has 2 aromatic heterocycles. The molecule has 7 heterocycles. The Morgan fingerprint density at radius 2 is 1.45 bits per heavy atom. The van der Waals surface area contributed by atoms with E-state index in [1.165, 1.54) is 68.8 Å². The first-order valence-corrected chi connectivity index (χ1v) is 33.9. The lowest BCUT2D eigenvalue weighted by molar-refractivity contribution is -0.148. The smallest absolute Gasteiger partial charge is 0.246 e. The molecular weight excluding hydrogens is 1340 g/mol. The van der Waals surface area contributed by atoms with Gasteiger partial charge in [0.25, 0.3) is 0 Å². The Labute approximate surface area is 591 Å². The molecule has 2 fully saturated rings. The average Bonchev–Trinajstić information content (AvgIpc) is 1.69. The third-order valence-electron chi connectivity index (χ3n) is 19.0. The zero-order valence-electron chi connectivity index (χ0n) is 57.7. The predicted molar refractivity (Wildman–Crippen MR) is 366 cm³/mol. The number of carbonyl (C=O) groups is 12. The summed E-state index contributed by atoms with van der Waals surface area (Å²) in [7, 11) is 1.47. The summed E-state index contributed by atoms with van der Waals surface area (Å²) in [5, 5.41) is 44.3. The first-order valence-electron chi connectivity index (χ1n) is 33.9. The van der Waals surface area contributed by atoms with Crippen LogP contribution in [0.5, 0.6) is 5.75 Å². The van der Waals surface area contributed by atoms with Crippen LogP contribution in [0, 0.1) is 5.82 Å². The van der Waals surface area contributed by atoms with Crippen molar-refractivity contribution in [1.29, 1.82) is 0 Å². The maximum absolute atomic E-state index is 15.8. The number of nitrogens with two attached hydrogens (primary N) is 1. The van der Waals surface area contributed by atoms with E-state index in [0.717, 1.165) is 11.8 Å². The van der Waals surface area contributed by atoms with Crippen molar-refractivity contribution in [3.05, 3.63) is 148 Å². The predicted octanol–water partition coefficient (Wildman–Crippen LogP) is -1.07. The van der Waals surface area contributed by atoms with Crippen LogP contribution in [0.25, 0.3) is 10.9 Å². The summed E-state index contributed by atoms with van der Waals surface area (Å²) in [4.78, 5) is 178. The molecule has 11 rings (SSSR count). The van der Waals surface area contributed by atoms with E-state index >= 15 is 28.4 Å². The van der Waals surface area contributed by atoms with Crippen LogP contribution in [-0.4, -0.2) is 198 Å². The summed E-state index contributed by atoms with van der Waals surface area (Å²) in [5.74, 6) is -10.5. The number of carbonyl (C=O) groups excluding carboxylic acids is 12. The maximum atomic E-state index is 15.8. The molecule has 5 aliphatic heterocycles. The van der Waals surface area contributed by atoms with Gasteiger partial charge in [-0.25, -0.2) is 9.07 Å². The highest BCUT2D eigenvalue weighted by Crippen LogP contribution is 2.32. The summed E-state index contributed by atoms with van der Waals surface area (Å²) >= 11 is 0. The lowest BCUT2D eigenvalue weighted by atomic mass is 9.94. The molecule has 546 valence electrons. The van der Waals surface area contributed by atoms with Crippen LogP contribution in [0.1, 0.15) is 99.4 Å². The number of nitrogens with one attached hydrogen (secondary N) is 10. The number of halogens is 1. The van der Waals surface area contributed by atoms with Crippen molar-refractivity contribution in [2.75, 3.05) is 20.2 Å². The number of ether oxygens (including phenoxy) is 2. The van der Waals surface area contributed by atoms with Crippen LogP contribution in [0.4, 0.5) is 4.39 Å². The minimum absolute atomic E-state index is 0.0101. The molecule has 12 atom stereocenters. The molecule has 31 nitrogen and oxygen atoms in total. The van der Waals surface area contributed by atoms with Crippen molar-refractivity contribution in [3.63, 3.8) is 0 Å². The topological polar surface area (TPSA) is 431 Å². The average molecular weight is 1420 g/mol. The molecule has 13 N–H and O–H groups in total. The number of aromatic nitrogens is 4. The molecule has 12 amide bonds. The van der Waals surface area contributed by atoms with Crippen molar-refractivity contribution < 1.29 is 76.5 Å². The summed E-state index contributed by atoms with van der Waals surface area (Å²) in [6, 6.07) is 10.3. The van der Waals surface area contributed by atoms with Crippen molar-refractivity contribution in [1.82, 2.24) is 77.6 Å². The van der Waals surface area contributed by atoms with Gasteiger partial charge in [0, 0.05) is 69.3 Å². The standard InChI is InChI=1S/C71H85FN16O15/c1-37-62(93)76-38(2)63(94)79-53-28-44-9-7-10-45(25-44)34-86-35-48(84-85-86)36-103-57-21-24-87(68(99)56(80-65(53)96)29-46-33-74-51-20-17-47(72)30-50(46)51)60(57)67(98)83-59(39(3)89)66(97)81-55(27-42-15-18-49(102-6)19-16-42)69(100)88-23-8-22-71(88,5)70(101)82-52(61(73)92)26-41-11-13-43(14-12-41)32-75-58(91)31-54(64(95)77-37)78-40(4)90/h7,9-20,25,30,33,35,37-39,52-57,59-60,74,89H,8,21-24,26-29,31-32,34,36H2,1-6H3,(H2,73,92)(H,75,91)(H,76,93)(H,77,95)(H,78,90)(H,79,94)(H,80,96)(H,81,97)(H,82,101)(H,83,98)/t37-,38+,39-,52-,53-,54-,55-,56-,57-,59-,60-,71-/m0/s1. The molecule has 0 spiro atoms. The Hall–Kier alpha value is -11.2. The fourth-order valence-electron chi connectivity index (χ4n) is 13.3. The third-order valence-corrected chi connectivity index (χ3v) is 19.0. The number of primary amides is 1. The Bertz CT molecular complexity index is 4200. The van der Waals surface area contributed by atoms with E-state index in [1.807, 2.05) is 0 Å². The SMILES string of the molecule is COc1ccc(C[C@@H]2NC(=O)[C@H]([C@H](C)O)NC(=O)[C@@H]3[C@@H]4CCN3C(=O)[C@H](Cc3c[nH]c5ccc(F)cc35)NC(=O)[C@H](Cc3cccc(c3)Cn3cc(nn3)CO4)NC(=O)[C@@H](C)NC(=O)[C@H](C)NC(=O)[C@@H](NC(C)=O)CC(=O)NCc3ccc(cc3)C[C@@H](C(N)=O)NC(=O)[C@]3(C)CCCN3C2=O)cc1. The van der Waals surface area contributed by atoms with Crippen LogP contribution in [0.2, 0.25) is 0 Å². The Morgan fingerprint density at radius 3 is 2.16 bits per heavy atom. The Balaban J connectivity index is 1.03. The van der Waals surface area contributed by atoms with Crippen LogP contribution in [-0.2, 0) is 108 Å². The number of rotatable bonds is 8. The van der Waals surface area contributed by atoms with E-state index in [0.29, 0.717) is 62.1 Å². The van der Waals surface area contributed by atoms with Gasteiger partial charge in [0.05, 0.1) is 45.1 Å². The highest BCUT2D eigenvalue weighted by Gasteiger charge is 2.50. The number of nitrogens with zero attached hydrogens (tertiary/aromatic N) is 5. The van der Waals surface area contributed by atoms with Gasteiger partial charge in [-0.05, 0) is 111 Å². The van der Waals surface area contributed by atoms with E-state index in [4.69, 9.17) is 15.2 Å².